The zero-order valence-electron chi connectivity index (χ0n) is 12.3. The second kappa shape index (κ2) is 7.07. The number of carbonyl (C=O) groups excluding carboxylic acids is 2. The van der Waals surface area contributed by atoms with Gasteiger partial charge < -0.3 is 4.74 Å². The van der Waals surface area contributed by atoms with Crippen molar-refractivity contribution in [2.45, 2.75) is 32.2 Å². The van der Waals surface area contributed by atoms with E-state index in [9.17, 15) is 9.59 Å². The van der Waals surface area contributed by atoms with E-state index in [2.05, 4.69) is 6.58 Å². The monoisotopic (exact) mass is 287 g/mol. The summed E-state index contributed by atoms with van der Waals surface area (Å²) in [5.74, 6) is -0.354. The van der Waals surface area contributed by atoms with Crippen molar-refractivity contribution in [3.63, 3.8) is 0 Å². The zero-order chi connectivity index (χ0) is 15.2. The highest BCUT2D eigenvalue weighted by atomic mass is 16.6. The Bertz CT molecular complexity index is 512. The van der Waals surface area contributed by atoms with Crippen LogP contribution in [0.2, 0.25) is 0 Å². The highest BCUT2D eigenvalue weighted by molar-refractivity contribution is 5.94. The number of nitrogens with zero attached hydrogens (tertiary/aromatic N) is 1. The van der Waals surface area contributed by atoms with E-state index in [1.807, 2.05) is 37.3 Å². The Morgan fingerprint density at radius 3 is 2.86 bits per heavy atom. The number of imide groups is 1. The maximum Gasteiger partial charge on any atom is 0.416 e. The zero-order valence-corrected chi connectivity index (χ0v) is 12.3. The number of allylic oxidation sites excluding steroid dienone is 1. The Balaban J connectivity index is 2.06. The Morgan fingerprint density at radius 2 is 2.19 bits per heavy atom. The number of rotatable bonds is 6. The standard InChI is InChI=1S/C17H21NO3/c1-3-4-8-13(2)16(19)18-15(12-21-17(18)20)11-14-9-6-5-7-10-14/h3,5-7,9-10,13,15H,1,4,8,11-12H2,2H3/t13-,15-/m0/s1. The molecule has 2 amide bonds. The first-order chi connectivity index (χ1) is 10.1. The maximum atomic E-state index is 12.5. The van der Waals surface area contributed by atoms with Gasteiger partial charge in [-0.1, -0.05) is 43.3 Å². The van der Waals surface area contributed by atoms with Crippen LogP contribution in [0.25, 0.3) is 0 Å². The first-order valence-electron chi connectivity index (χ1n) is 7.28. The lowest BCUT2D eigenvalue weighted by Gasteiger charge is -2.22. The van der Waals surface area contributed by atoms with Crippen LogP contribution in [0, 0.1) is 5.92 Å². The molecule has 0 unspecified atom stereocenters. The van der Waals surface area contributed by atoms with Gasteiger partial charge in [0.2, 0.25) is 5.91 Å². The van der Waals surface area contributed by atoms with E-state index in [0.717, 1.165) is 12.0 Å². The van der Waals surface area contributed by atoms with Crippen molar-refractivity contribution >= 4 is 12.0 Å². The van der Waals surface area contributed by atoms with Crippen LogP contribution in [0.5, 0.6) is 0 Å². The van der Waals surface area contributed by atoms with Gasteiger partial charge >= 0.3 is 6.09 Å². The largest absolute Gasteiger partial charge is 0.447 e. The Kier molecular flexibility index (Phi) is 5.14. The highest BCUT2D eigenvalue weighted by Crippen LogP contribution is 2.21. The smallest absolute Gasteiger partial charge is 0.416 e. The summed E-state index contributed by atoms with van der Waals surface area (Å²) >= 11 is 0. The maximum absolute atomic E-state index is 12.5. The molecular weight excluding hydrogens is 266 g/mol. The summed E-state index contributed by atoms with van der Waals surface area (Å²) in [6.45, 7) is 5.77. The second-order valence-electron chi connectivity index (χ2n) is 5.40. The number of hydrogen-bond acceptors (Lipinski definition) is 3. The van der Waals surface area contributed by atoms with Crippen LogP contribution in [0.15, 0.2) is 43.0 Å². The molecule has 0 aromatic heterocycles. The van der Waals surface area contributed by atoms with Crippen molar-refractivity contribution in [3.8, 4) is 0 Å². The first-order valence-corrected chi connectivity index (χ1v) is 7.28. The quantitative estimate of drug-likeness (QED) is 0.755. The van der Waals surface area contributed by atoms with E-state index in [-0.39, 0.29) is 24.5 Å². The second-order valence-corrected chi connectivity index (χ2v) is 5.40. The molecule has 0 aliphatic carbocycles. The van der Waals surface area contributed by atoms with Gasteiger partial charge in [0.25, 0.3) is 0 Å². The van der Waals surface area contributed by atoms with Crippen LogP contribution < -0.4 is 0 Å². The fraction of sp³-hybridized carbons (Fsp3) is 0.412. The van der Waals surface area contributed by atoms with Crippen LogP contribution in [-0.2, 0) is 16.0 Å². The lowest BCUT2D eigenvalue weighted by atomic mass is 10.0. The molecule has 0 bridgehead atoms. The first kappa shape index (κ1) is 15.3. The average molecular weight is 287 g/mol. The lowest BCUT2D eigenvalue weighted by molar-refractivity contribution is -0.133. The van der Waals surface area contributed by atoms with Gasteiger partial charge in [0, 0.05) is 5.92 Å². The van der Waals surface area contributed by atoms with Gasteiger partial charge in [-0.2, -0.15) is 0 Å². The molecule has 0 radical (unpaired) electrons. The summed E-state index contributed by atoms with van der Waals surface area (Å²) in [5, 5.41) is 0. The SMILES string of the molecule is C=CCC[C@H](C)C(=O)N1C(=O)OC[C@@H]1Cc1ccccc1. The number of hydrogen-bond donors (Lipinski definition) is 0. The van der Waals surface area contributed by atoms with E-state index < -0.39 is 6.09 Å². The molecule has 1 saturated heterocycles. The molecule has 0 spiro atoms. The number of cyclic esters (lactones) is 1. The molecule has 1 fully saturated rings. The normalized spacial score (nSPS) is 19.2. The van der Waals surface area contributed by atoms with Gasteiger partial charge in [0.15, 0.2) is 0 Å². The minimum atomic E-state index is -0.522. The number of amides is 2. The van der Waals surface area contributed by atoms with Gasteiger partial charge in [-0.05, 0) is 24.8 Å². The fourth-order valence-electron chi connectivity index (χ4n) is 2.50. The van der Waals surface area contributed by atoms with Crippen molar-refractivity contribution in [2.75, 3.05) is 6.61 Å². The molecular formula is C17H21NO3. The van der Waals surface area contributed by atoms with Crippen molar-refractivity contribution in [1.29, 1.82) is 0 Å². The average Bonchev–Trinajstić information content (AvgIpc) is 2.85. The Hall–Kier alpha value is -2.10. The molecule has 1 heterocycles. The van der Waals surface area contributed by atoms with Gasteiger partial charge in [-0.15, -0.1) is 6.58 Å². The van der Waals surface area contributed by atoms with E-state index in [1.54, 1.807) is 6.08 Å². The third-order valence-electron chi connectivity index (χ3n) is 3.74. The molecule has 1 aromatic rings. The van der Waals surface area contributed by atoms with Gasteiger partial charge in [-0.25, -0.2) is 9.69 Å². The summed E-state index contributed by atoms with van der Waals surface area (Å²) in [5.41, 5.74) is 1.09. The number of carbonyl (C=O) groups is 2. The van der Waals surface area contributed by atoms with E-state index >= 15 is 0 Å². The third kappa shape index (κ3) is 3.72. The predicted molar refractivity (Wildman–Crippen MR) is 80.7 cm³/mol. The Morgan fingerprint density at radius 1 is 1.48 bits per heavy atom. The molecule has 0 N–H and O–H groups in total. The van der Waals surface area contributed by atoms with Crippen LogP contribution in [0.4, 0.5) is 4.79 Å². The molecule has 4 heteroatoms. The molecule has 1 aliphatic rings. The van der Waals surface area contributed by atoms with Crippen LogP contribution in [-0.4, -0.2) is 29.5 Å². The van der Waals surface area contributed by atoms with E-state index in [4.69, 9.17) is 4.74 Å². The summed E-state index contributed by atoms with van der Waals surface area (Å²) in [6, 6.07) is 9.62. The molecule has 4 nitrogen and oxygen atoms in total. The summed E-state index contributed by atoms with van der Waals surface area (Å²) in [7, 11) is 0. The molecule has 0 saturated carbocycles. The molecule has 2 rings (SSSR count). The summed E-state index contributed by atoms with van der Waals surface area (Å²) in [4.78, 5) is 25.6. The van der Waals surface area contributed by atoms with Crippen molar-refractivity contribution < 1.29 is 14.3 Å². The highest BCUT2D eigenvalue weighted by Gasteiger charge is 2.39. The molecule has 21 heavy (non-hydrogen) atoms. The minimum absolute atomic E-state index is 0.153. The van der Waals surface area contributed by atoms with Crippen molar-refractivity contribution in [3.05, 3.63) is 48.6 Å². The van der Waals surface area contributed by atoms with Crippen LogP contribution >= 0.6 is 0 Å². The van der Waals surface area contributed by atoms with Gasteiger partial charge in [-0.3, -0.25) is 4.79 Å². The predicted octanol–water partition coefficient (Wildman–Crippen LogP) is 3.18. The number of benzene rings is 1. The van der Waals surface area contributed by atoms with Crippen molar-refractivity contribution in [1.82, 2.24) is 4.90 Å². The van der Waals surface area contributed by atoms with Crippen LogP contribution in [0.3, 0.4) is 0 Å². The lowest BCUT2D eigenvalue weighted by Crippen LogP contribution is -2.43. The topological polar surface area (TPSA) is 46.6 Å². The fourth-order valence-corrected chi connectivity index (χ4v) is 2.50. The third-order valence-corrected chi connectivity index (χ3v) is 3.74. The minimum Gasteiger partial charge on any atom is -0.447 e. The molecule has 112 valence electrons. The number of ether oxygens (including phenoxy) is 1. The Labute approximate surface area is 125 Å². The van der Waals surface area contributed by atoms with Gasteiger partial charge in [0.05, 0.1) is 6.04 Å². The van der Waals surface area contributed by atoms with Crippen molar-refractivity contribution in [2.24, 2.45) is 5.92 Å². The summed E-state index contributed by atoms with van der Waals surface area (Å²) < 4.78 is 5.07. The van der Waals surface area contributed by atoms with E-state index in [1.165, 1.54) is 4.90 Å². The summed E-state index contributed by atoms with van der Waals surface area (Å²) in [6.07, 6.45) is 3.36. The van der Waals surface area contributed by atoms with Gasteiger partial charge in [0.1, 0.15) is 6.61 Å². The molecule has 2 atom stereocenters. The van der Waals surface area contributed by atoms with E-state index in [0.29, 0.717) is 12.8 Å². The van der Waals surface area contributed by atoms with Crippen LogP contribution in [0.1, 0.15) is 25.3 Å². The molecule has 1 aromatic carbocycles. The molecule has 1 aliphatic heterocycles.